The predicted octanol–water partition coefficient (Wildman–Crippen LogP) is 4.17. The van der Waals surface area contributed by atoms with Crippen molar-refractivity contribution in [1.29, 1.82) is 0 Å². The van der Waals surface area contributed by atoms with Crippen LogP contribution in [0.15, 0.2) is 83.8 Å². The standard InChI is InChI=1S/C32H41FN4O6S/c1-22(2)20-37(44(42,43)26-16-17-28(34)27(33)19-26)25(21-38)15-9-10-18-35-31(39)30(36-32(40)41)29(23-11-5-3-6-12-23)24-13-7-4-8-14-24/h3-8,11-14,16-17,19,22,25,29-30,36,38H,9-10,15,18,20-21,34H2,1-2H3,(H,35,39)(H,40,41)/t25-,30-/m0/s1. The molecular formula is C32H41FN4O6S. The molecule has 6 N–H and O–H groups in total. The van der Waals surface area contributed by atoms with E-state index in [1.54, 1.807) is 0 Å². The fraction of sp³-hybridized carbons (Fsp3) is 0.375. The molecule has 3 rings (SSSR count). The number of anilines is 1. The number of rotatable bonds is 16. The molecule has 0 aliphatic carbocycles. The molecule has 0 heterocycles. The minimum atomic E-state index is -4.14. The molecule has 0 fully saturated rings. The third kappa shape index (κ3) is 9.25. The number of nitrogens with zero attached hydrogens (tertiary/aromatic N) is 1. The van der Waals surface area contributed by atoms with Gasteiger partial charge in [0.1, 0.15) is 11.9 Å². The molecule has 44 heavy (non-hydrogen) atoms. The van der Waals surface area contributed by atoms with Gasteiger partial charge in [0.15, 0.2) is 0 Å². The third-order valence-corrected chi connectivity index (χ3v) is 9.13. The number of carbonyl (C=O) groups is 2. The Morgan fingerprint density at radius 3 is 2.05 bits per heavy atom. The molecule has 12 heteroatoms. The first-order valence-electron chi connectivity index (χ1n) is 14.5. The van der Waals surface area contributed by atoms with Crippen LogP contribution in [0.25, 0.3) is 0 Å². The van der Waals surface area contributed by atoms with Crippen molar-refractivity contribution >= 4 is 27.7 Å². The Kier molecular flexibility index (Phi) is 12.7. The number of aliphatic hydroxyl groups is 1. The fourth-order valence-corrected chi connectivity index (χ4v) is 6.91. The Morgan fingerprint density at radius 1 is 0.955 bits per heavy atom. The molecule has 2 amide bonds. The Morgan fingerprint density at radius 2 is 1.55 bits per heavy atom. The summed E-state index contributed by atoms with van der Waals surface area (Å²) in [6.07, 6.45) is -0.164. The van der Waals surface area contributed by atoms with E-state index in [9.17, 15) is 32.6 Å². The van der Waals surface area contributed by atoms with Gasteiger partial charge in [0.05, 0.1) is 17.2 Å². The molecule has 0 saturated carbocycles. The zero-order chi connectivity index (χ0) is 32.3. The number of halogens is 1. The second-order valence-corrected chi connectivity index (χ2v) is 12.9. The van der Waals surface area contributed by atoms with E-state index in [1.807, 2.05) is 74.5 Å². The molecule has 0 aliphatic heterocycles. The number of benzene rings is 3. The first kappa shape index (κ1) is 34.5. The normalized spacial score (nSPS) is 13.2. The average Bonchev–Trinajstić information content (AvgIpc) is 2.99. The molecule has 238 valence electrons. The Bertz CT molecular complexity index is 1440. The second-order valence-electron chi connectivity index (χ2n) is 11.0. The largest absolute Gasteiger partial charge is 0.465 e. The molecule has 3 aromatic rings. The van der Waals surface area contributed by atoms with Gasteiger partial charge in [-0.2, -0.15) is 4.31 Å². The highest BCUT2D eigenvalue weighted by atomic mass is 32.2. The van der Waals surface area contributed by atoms with E-state index in [2.05, 4.69) is 10.6 Å². The summed E-state index contributed by atoms with van der Waals surface area (Å²) in [6, 6.07) is 19.8. The number of nitrogens with one attached hydrogen (secondary N) is 2. The van der Waals surface area contributed by atoms with E-state index in [0.29, 0.717) is 12.8 Å². The number of carboxylic acid groups (broad SMARTS) is 1. The van der Waals surface area contributed by atoms with Gasteiger partial charge in [-0.15, -0.1) is 0 Å². The topological polar surface area (TPSA) is 162 Å². The minimum absolute atomic E-state index is 0.0717. The van der Waals surface area contributed by atoms with Crippen LogP contribution in [0.4, 0.5) is 14.9 Å². The number of nitrogen functional groups attached to an aromatic ring is 1. The summed E-state index contributed by atoms with van der Waals surface area (Å²) >= 11 is 0. The van der Waals surface area contributed by atoms with Crippen molar-refractivity contribution in [2.75, 3.05) is 25.4 Å². The van der Waals surface area contributed by atoms with Gasteiger partial charge < -0.3 is 26.6 Å². The lowest BCUT2D eigenvalue weighted by Crippen LogP contribution is -2.50. The van der Waals surface area contributed by atoms with Gasteiger partial charge in [0, 0.05) is 25.0 Å². The molecule has 0 spiro atoms. The molecule has 0 aromatic heterocycles. The van der Waals surface area contributed by atoms with Crippen LogP contribution in [0.3, 0.4) is 0 Å². The first-order valence-corrected chi connectivity index (χ1v) is 15.9. The first-order chi connectivity index (χ1) is 20.9. The Labute approximate surface area is 258 Å². The lowest BCUT2D eigenvalue weighted by atomic mass is 9.84. The molecule has 0 saturated heterocycles. The van der Waals surface area contributed by atoms with Crippen LogP contribution in [-0.2, 0) is 14.8 Å². The predicted molar refractivity (Wildman–Crippen MR) is 167 cm³/mol. The number of sulfonamides is 1. The monoisotopic (exact) mass is 628 g/mol. The zero-order valence-electron chi connectivity index (χ0n) is 24.9. The summed E-state index contributed by atoms with van der Waals surface area (Å²) in [7, 11) is -4.14. The number of hydrogen-bond acceptors (Lipinski definition) is 6. The highest BCUT2D eigenvalue weighted by molar-refractivity contribution is 7.89. The Hall–Kier alpha value is -4.00. The summed E-state index contributed by atoms with van der Waals surface area (Å²) in [4.78, 5) is 24.9. The van der Waals surface area contributed by atoms with Crippen LogP contribution in [0, 0.1) is 11.7 Å². The summed E-state index contributed by atoms with van der Waals surface area (Å²) in [6.45, 7) is 3.55. The molecule has 3 aromatic carbocycles. The molecule has 0 unspecified atom stereocenters. The maximum atomic E-state index is 14.1. The molecule has 0 bridgehead atoms. The Balaban J connectivity index is 1.69. The van der Waals surface area contributed by atoms with Gasteiger partial charge in [-0.25, -0.2) is 17.6 Å². The molecule has 0 aliphatic rings. The molecule has 2 atom stereocenters. The van der Waals surface area contributed by atoms with Crippen molar-refractivity contribution in [2.24, 2.45) is 5.92 Å². The smallest absolute Gasteiger partial charge is 0.405 e. The molecule has 10 nitrogen and oxygen atoms in total. The van der Waals surface area contributed by atoms with Crippen LogP contribution in [-0.4, -0.2) is 66.7 Å². The van der Waals surface area contributed by atoms with Crippen molar-refractivity contribution in [3.8, 4) is 0 Å². The van der Waals surface area contributed by atoms with E-state index in [4.69, 9.17) is 5.73 Å². The van der Waals surface area contributed by atoms with E-state index in [1.165, 1.54) is 16.4 Å². The SMILES string of the molecule is CC(C)CN([C@H](CO)CCCCNC(=O)[C@@H](NC(=O)O)C(c1ccccc1)c1ccccc1)S(=O)(=O)c1ccc(N)c(F)c1. The van der Waals surface area contributed by atoms with Crippen molar-refractivity contribution in [1.82, 2.24) is 14.9 Å². The minimum Gasteiger partial charge on any atom is -0.465 e. The average molecular weight is 629 g/mol. The van der Waals surface area contributed by atoms with Crippen LogP contribution < -0.4 is 16.4 Å². The van der Waals surface area contributed by atoms with E-state index in [-0.39, 0.29) is 36.0 Å². The highest BCUT2D eigenvalue weighted by Crippen LogP contribution is 2.29. The number of amides is 2. The summed E-state index contributed by atoms with van der Waals surface area (Å²) < 4.78 is 42.2. The van der Waals surface area contributed by atoms with Gasteiger partial charge >= 0.3 is 6.09 Å². The number of carbonyl (C=O) groups excluding carboxylic acids is 1. The van der Waals surface area contributed by atoms with Crippen LogP contribution in [0.1, 0.15) is 50.2 Å². The highest BCUT2D eigenvalue weighted by Gasteiger charge is 2.33. The number of unbranched alkanes of at least 4 members (excludes halogenated alkanes) is 1. The van der Waals surface area contributed by atoms with Crippen molar-refractivity contribution in [3.63, 3.8) is 0 Å². The zero-order valence-corrected chi connectivity index (χ0v) is 25.7. The fourth-order valence-electron chi connectivity index (χ4n) is 5.09. The van der Waals surface area contributed by atoms with Gasteiger partial charge in [0.2, 0.25) is 15.9 Å². The van der Waals surface area contributed by atoms with Gasteiger partial charge in [-0.05, 0) is 48.1 Å². The van der Waals surface area contributed by atoms with Crippen LogP contribution in [0.2, 0.25) is 0 Å². The van der Waals surface area contributed by atoms with E-state index < -0.39 is 52.4 Å². The van der Waals surface area contributed by atoms with Crippen LogP contribution >= 0.6 is 0 Å². The molecule has 0 radical (unpaired) electrons. The van der Waals surface area contributed by atoms with Crippen molar-refractivity contribution < 1.29 is 32.6 Å². The van der Waals surface area contributed by atoms with Gasteiger partial charge in [-0.3, -0.25) is 4.79 Å². The van der Waals surface area contributed by atoms with Crippen molar-refractivity contribution in [3.05, 3.63) is 95.8 Å². The number of aliphatic hydroxyl groups excluding tert-OH is 1. The number of hydrogen-bond donors (Lipinski definition) is 5. The van der Waals surface area contributed by atoms with Crippen LogP contribution in [0.5, 0.6) is 0 Å². The van der Waals surface area contributed by atoms with E-state index in [0.717, 1.165) is 17.2 Å². The van der Waals surface area contributed by atoms with Gasteiger partial charge in [0.25, 0.3) is 0 Å². The quantitative estimate of drug-likeness (QED) is 0.117. The van der Waals surface area contributed by atoms with E-state index >= 15 is 0 Å². The lowest BCUT2D eigenvalue weighted by Gasteiger charge is -2.31. The lowest BCUT2D eigenvalue weighted by molar-refractivity contribution is -0.123. The molecular weight excluding hydrogens is 587 g/mol. The van der Waals surface area contributed by atoms with Crippen molar-refractivity contribution in [2.45, 2.75) is 56.0 Å². The maximum absolute atomic E-state index is 14.1. The summed E-state index contributed by atoms with van der Waals surface area (Å²) in [5.74, 6) is -2.00. The summed E-state index contributed by atoms with van der Waals surface area (Å²) in [5.41, 5.74) is 6.89. The second kappa shape index (κ2) is 16.2. The third-order valence-electron chi connectivity index (χ3n) is 7.22. The maximum Gasteiger partial charge on any atom is 0.405 e. The summed E-state index contributed by atoms with van der Waals surface area (Å²) in [5, 5.41) is 24.9. The van der Waals surface area contributed by atoms with Gasteiger partial charge in [-0.1, -0.05) is 80.9 Å². The number of nitrogens with two attached hydrogens (primary N) is 1.